The smallest absolute Gasteiger partial charge is 0.236 e. The average molecular weight is 423 g/mol. The van der Waals surface area contributed by atoms with E-state index in [4.69, 9.17) is 9.15 Å². The molecule has 0 aromatic carbocycles. The minimum atomic E-state index is -1.28. The van der Waals surface area contributed by atoms with Gasteiger partial charge in [0.1, 0.15) is 17.3 Å². The number of furan rings is 1. The lowest BCUT2D eigenvalue weighted by molar-refractivity contribution is -0.117. The van der Waals surface area contributed by atoms with E-state index in [0.717, 1.165) is 12.3 Å². The minimum Gasteiger partial charge on any atom is -0.492 e. The molecule has 1 N–H and O–H groups in total. The van der Waals surface area contributed by atoms with Gasteiger partial charge in [0.15, 0.2) is 0 Å². The maximum Gasteiger partial charge on any atom is 0.236 e. The standard InChI is InChI=1S/C20H26N2O4S2/c23-20(16-28(24)15-17-6-5-11-25-17)21-7-1-4-10-26-18-12-19(27-14-18)13-22-8-2-3-9-22/h1,5-7,11-12,14H,2-4,8-10,13,15-16H2,(H,21,23)/b7-1-. The van der Waals surface area contributed by atoms with Gasteiger partial charge in [0.25, 0.3) is 0 Å². The van der Waals surface area contributed by atoms with E-state index in [0.29, 0.717) is 18.8 Å². The summed E-state index contributed by atoms with van der Waals surface area (Å²) in [5.41, 5.74) is 0. The lowest BCUT2D eigenvalue weighted by atomic mass is 10.4. The Morgan fingerprint density at radius 1 is 1.39 bits per heavy atom. The first kappa shape index (κ1) is 20.8. The molecule has 0 spiro atoms. The fourth-order valence-electron chi connectivity index (χ4n) is 2.95. The summed E-state index contributed by atoms with van der Waals surface area (Å²) in [5, 5.41) is 4.68. The number of amides is 1. The topological polar surface area (TPSA) is 71.8 Å². The van der Waals surface area contributed by atoms with Crippen LogP contribution in [-0.4, -0.2) is 40.5 Å². The van der Waals surface area contributed by atoms with E-state index in [-0.39, 0.29) is 17.4 Å². The molecule has 1 unspecified atom stereocenters. The number of carbonyl (C=O) groups excluding carboxylic acids is 1. The van der Waals surface area contributed by atoms with Gasteiger partial charge in [-0.15, -0.1) is 11.3 Å². The number of likely N-dealkylation sites (tertiary alicyclic amines) is 1. The van der Waals surface area contributed by atoms with Crippen LogP contribution in [0.25, 0.3) is 0 Å². The molecule has 152 valence electrons. The second kappa shape index (κ2) is 11.2. The Labute approximate surface area is 172 Å². The number of hydrogen-bond donors (Lipinski definition) is 1. The summed E-state index contributed by atoms with van der Waals surface area (Å²) in [6, 6.07) is 5.60. The Morgan fingerprint density at radius 3 is 3.04 bits per heavy atom. The van der Waals surface area contributed by atoms with Gasteiger partial charge in [-0.05, 0) is 50.3 Å². The molecule has 3 heterocycles. The van der Waals surface area contributed by atoms with Crippen LogP contribution in [0.15, 0.2) is 46.5 Å². The molecule has 1 saturated heterocycles. The van der Waals surface area contributed by atoms with Gasteiger partial charge in [-0.1, -0.05) is 6.08 Å². The van der Waals surface area contributed by atoms with Crippen LogP contribution in [0.3, 0.4) is 0 Å². The number of carbonyl (C=O) groups is 1. The largest absolute Gasteiger partial charge is 0.492 e. The van der Waals surface area contributed by atoms with E-state index in [9.17, 15) is 9.00 Å². The molecular formula is C20H26N2O4S2. The summed E-state index contributed by atoms with van der Waals surface area (Å²) < 4.78 is 22.7. The molecule has 1 amide bonds. The Bertz CT molecular complexity index is 780. The highest BCUT2D eigenvalue weighted by Crippen LogP contribution is 2.24. The average Bonchev–Trinajstić information content (AvgIpc) is 3.42. The normalized spacial score (nSPS) is 15.9. The Balaban J connectivity index is 1.26. The number of thiophene rings is 1. The first-order valence-electron chi connectivity index (χ1n) is 9.43. The van der Waals surface area contributed by atoms with E-state index >= 15 is 0 Å². The van der Waals surface area contributed by atoms with Gasteiger partial charge in [-0.25, -0.2) is 0 Å². The molecule has 2 aromatic rings. The minimum absolute atomic E-state index is 0.0454. The summed E-state index contributed by atoms with van der Waals surface area (Å²) in [7, 11) is -1.28. The van der Waals surface area contributed by atoms with Crippen LogP contribution < -0.4 is 10.1 Å². The summed E-state index contributed by atoms with van der Waals surface area (Å²) >= 11 is 1.74. The second-order valence-electron chi connectivity index (χ2n) is 6.65. The lowest BCUT2D eigenvalue weighted by Crippen LogP contribution is -2.24. The summed E-state index contributed by atoms with van der Waals surface area (Å²) in [5.74, 6) is 1.46. The van der Waals surface area contributed by atoms with Crippen molar-refractivity contribution in [2.24, 2.45) is 0 Å². The molecule has 1 aliphatic rings. The fraction of sp³-hybridized carbons (Fsp3) is 0.450. The molecule has 28 heavy (non-hydrogen) atoms. The maximum atomic E-state index is 11.9. The first-order chi connectivity index (χ1) is 13.7. The molecule has 3 rings (SSSR count). The quantitative estimate of drug-likeness (QED) is 0.563. The monoisotopic (exact) mass is 422 g/mol. The van der Waals surface area contributed by atoms with Crippen molar-refractivity contribution in [3.05, 3.63) is 52.8 Å². The van der Waals surface area contributed by atoms with Crippen molar-refractivity contribution < 1.29 is 18.2 Å². The van der Waals surface area contributed by atoms with Crippen LogP contribution >= 0.6 is 11.3 Å². The van der Waals surface area contributed by atoms with E-state index < -0.39 is 10.8 Å². The zero-order valence-corrected chi connectivity index (χ0v) is 17.4. The highest BCUT2D eigenvalue weighted by Gasteiger charge is 2.13. The zero-order chi connectivity index (χ0) is 19.6. The van der Waals surface area contributed by atoms with Gasteiger partial charge in [-0.2, -0.15) is 0 Å². The van der Waals surface area contributed by atoms with E-state index in [1.165, 1.54) is 37.1 Å². The first-order valence-corrected chi connectivity index (χ1v) is 11.8. The zero-order valence-electron chi connectivity index (χ0n) is 15.8. The Hall–Kier alpha value is -1.90. The maximum absolute atomic E-state index is 11.9. The van der Waals surface area contributed by atoms with Crippen molar-refractivity contribution >= 4 is 28.0 Å². The van der Waals surface area contributed by atoms with Crippen molar-refractivity contribution in [2.45, 2.75) is 31.6 Å². The number of nitrogens with one attached hydrogen (secondary N) is 1. The molecule has 1 atom stereocenters. The number of hydrogen-bond acceptors (Lipinski definition) is 6. The molecule has 2 aromatic heterocycles. The summed E-state index contributed by atoms with van der Waals surface area (Å²) in [4.78, 5) is 15.6. The fourth-order valence-corrected chi connectivity index (χ4v) is 4.76. The molecule has 1 fully saturated rings. The number of nitrogens with zero attached hydrogens (tertiary/aromatic N) is 1. The second-order valence-corrected chi connectivity index (χ2v) is 9.10. The SMILES string of the molecule is O=C(CS(=O)Cc1ccco1)N/C=C\CCOc1csc(CN2CCCC2)c1. The highest BCUT2D eigenvalue weighted by atomic mass is 32.2. The molecule has 1 aliphatic heterocycles. The van der Waals surface area contributed by atoms with Gasteiger partial charge >= 0.3 is 0 Å². The predicted octanol–water partition coefficient (Wildman–Crippen LogP) is 3.28. The lowest BCUT2D eigenvalue weighted by Gasteiger charge is -2.12. The van der Waals surface area contributed by atoms with Crippen molar-refractivity contribution in [3.63, 3.8) is 0 Å². The van der Waals surface area contributed by atoms with Crippen LogP contribution in [0.1, 0.15) is 29.9 Å². The summed E-state index contributed by atoms with van der Waals surface area (Å²) in [6.45, 7) is 3.96. The third-order valence-corrected chi connectivity index (χ3v) is 6.39. The van der Waals surface area contributed by atoms with Crippen LogP contribution in [-0.2, 0) is 27.9 Å². The molecule has 0 saturated carbocycles. The van der Waals surface area contributed by atoms with Gasteiger partial charge < -0.3 is 14.5 Å². The van der Waals surface area contributed by atoms with Gasteiger partial charge in [0, 0.05) is 34.0 Å². The third kappa shape index (κ3) is 7.26. The molecule has 0 bridgehead atoms. The third-order valence-electron chi connectivity index (χ3n) is 4.30. The van der Waals surface area contributed by atoms with Crippen molar-refractivity contribution in [2.75, 3.05) is 25.4 Å². The predicted molar refractivity (Wildman–Crippen MR) is 112 cm³/mol. The number of ether oxygens (including phenoxy) is 1. The van der Waals surface area contributed by atoms with Crippen LogP contribution in [0, 0.1) is 0 Å². The van der Waals surface area contributed by atoms with Gasteiger partial charge in [-0.3, -0.25) is 13.9 Å². The molecule has 0 aliphatic carbocycles. The van der Waals surface area contributed by atoms with E-state index in [2.05, 4.69) is 16.3 Å². The Kier molecular flexibility index (Phi) is 8.32. The van der Waals surface area contributed by atoms with Crippen molar-refractivity contribution in [1.82, 2.24) is 10.2 Å². The molecule has 8 heteroatoms. The highest BCUT2D eigenvalue weighted by molar-refractivity contribution is 7.84. The van der Waals surface area contributed by atoms with E-state index in [1.54, 1.807) is 29.7 Å². The number of rotatable bonds is 11. The molecular weight excluding hydrogens is 396 g/mol. The molecule has 6 nitrogen and oxygen atoms in total. The Morgan fingerprint density at radius 2 is 2.25 bits per heavy atom. The van der Waals surface area contributed by atoms with Crippen LogP contribution in [0.5, 0.6) is 5.75 Å². The van der Waals surface area contributed by atoms with Crippen molar-refractivity contribution in [1.29, 1.82) is 0 Å². The molecule has 0 radical (unpaired) electrons. The van der Waals surface area contributed by atoms with Crippen LogP contribution in [0.4, 0.5) is 0 Å². The summed E-state index contributed by atoms with van der Waals surface area (Å²) in [6.07, 6.45) is 8.25. The van der Waals surface area contributed by atoms with Gasteiger partial charge in [0.2, 0.25) is 5.91 Å². The van der Waals surface area contributed by atoms with E-state index in [1.807, 2.05) is 11.5 Å². The van der Waals surface area contributed by atoms with Crippen molar-refractivity contribution in [3.8, 4) is 5.75 Å². The van der Waals surface area contributed by atoms with Gasteiger partial charge in [0.05, 0.1) is 18.6 Å². The van der Waals surface area contributed by atoms with Crippen LogP contribution in [0.2, 0.25) is 0 Å².